The number of nitrogens with one attached hydrogen (secondary N) is 1. The van der Waals surface area contributed by atoms with Crippen LogP contribution in [-0.2, 0) is 0 Å². The van der Waals surface area contributed by atoms with E-state index in [4.69, 9.17) is 10.5 Å². The molecule has 0 fully saturated rings. The molecule has 1 aromatic rings. The topological polar surface area (TPSA) is 64.4 Å². The van der Waals surface area contributed by atoms with Gasteiger partial charge >= 0.3 is 0 Å². The van der Waals surface area contributed by atoms with E-state index < -0.39 is 0 Å². The number of methoxy groups -OCH3 is 1. The highest BCUT2D eigenvalue weighted by atomic mass is 32.1. The number of ketones is 1. The number of nitrogens with two attached hydrogens (primary N) is 1. The molecule has 0 saturated heterocycles. The molecule has 4 nitrogen and oxygen atoms in total. The minimum absolute atomic E-state index is 0.0409. The Balaban J connectivity index is 3.08. The fourth-order valence-corrected chi connectivity index (χ4v) is 2.60. The summed E-state index contributed by atoms with van der Waals surface area (Å²) >= 11 is 1.34. The molecule has 1 rings (SSSR count). The summed E-state index contributed by atoms with van der Waals surface area (Å²) in [5.41, 5.74) is 7.38. The molecule has 0 aliphatic carbocycles. The summed E-state index contributed by atoms with van der Waals surface area (Å²) in [4.78, 5) is 12.6. The number of nitrogen functional groups attached to an aromatic ring is 1. The third-order valence-electron chi connectivity index (χ3n) is 2.40. The first-order chi connectivity index (χ1) is 8.38. The lowest BCUT2D eigenvalue weighted by Gasteiger charge is -2.06. The molecule has 0 aliphatic heterocycles. The minimum Gasteiger partial charge on any atom is -0.492 e. The highest BCUT2D eigenvalue weighted by Gasteiger charge is 2.23. The van der Waals surface area contributed by atoms with E-state index in [1.807, 2.05) is 20.8 Å². The van der Waals surface area contributed by atoms with Crippen molar-refractivity contribution >= 4 is 27.8 Å². The lowest BCUT2D eigenvalue weighted by atomic mass is 10.1. The normalized spacial score (nSPS) is 10.5. The van der Waals surface area contributed by atoms with Crippen molar-refractivity contribution in [1.82, 2.24) is 0 Å². The van der Waals surface area contributed by atoms with Gasteiger partial charge in [0, 0.05) is 12.5 Å². The van der Waals surface area contributed by atoms with Crippen molar-refractivity contribution in [3.8, 4) is 5.75 Å². The molecule has 3 N–H and O–H groups in total. The van der Waals surface area contributed by atoms with Crippen LogP contribution in [-0.4, -0.2) is 19.4 Å². The standard InChI is InChI=1S/C13H20N2O2S/c1-7(2)6-15-13-11(17-5)9(14)12(18-13)10(16)8(3)4/h8,15H,1,6,14H2,2-5H3. The van der Waals surface area contributed by atoms with Gasteiger partial charge in [0.25, 0.3) is 0 Å². The van der Waals surface area contributed by atoms with Crippen molar-refractivity contribution in [1.29, 1.82) is 0 Å². The Labute approximate surface area is 112 Å². The van der Waals surface area contributed by atoms with Crippen molar-refractivity contribution in [3.63, 3.8) is 0 Å². The van der Waals surface area contributed by atoms with E-state index in [-0.39, 0.29) is 11.7 Å². The molecule has 0 aliphatic rings. The van der Waals surface area contributed by atoms with E-state index >= 15 is 0 Å². The Hall–Kier alpha value is -1.49. The summed E-state index contributed by atoms with van der Waals surface area (Å²) in [5, 5.41) is 3.96. The molecule has 0 amide bonds. The van der Waals surface area contributed by atoms with Gasteiger partial charge in [0.05, 0.1) is 17.7 Å². The van der Waals surface area contributed by atoms with Crippen LogP contribution in [0.2, 0.25) is 0 Å². The minimum atomic E-state index is -0.0790. The van der Waals surface area contributed by atoms with Gasteiger partial charge in [-0.15, -0.1) is 11.3 Å². The number of hydrogen-bond acceptors (Lipinski definition) is 5. The molecular weight excluding hydrogens is 248 g/mol. The lowest BCUT2D eigenvalue weighted by molar-refractivity contribution is 0.0944. The number of ether oxygens (including phenoxy) is 1. The first kappa shape index (κ1) is 14.6. The molecule has 1 heterocycles. The van der Waals surface area contributed by atoms with E-state index in [1.54, 1.807) is 7.11 Å². The number of carbonyl (C=O) groups is 1. The van der Waals surface area contributed by atoms with E-state index in [0.717, 1.165) is 10.6 Å². The molecule has 18 heavy (non-hydrogen) atoms. The van der Waals surface area contributed by atoms with Crippen LogP contribution in [0.25, 0.3) is 0 Å². The van der Waals surface area contributed by atoms with E-state index in [1.165, 1.54) is 11.3 Å². The van der Waals surface area contributed by atoms with E-state index in [0.29, 0.717) is 22.9 Å². The van der Waals surface area contributed by atoms with Crippen molar-refractivity contribution in [2.75, 3.05) is 24.7 Å². The maximum absolute atomic E-state index is 12.0. The first-order valence-electron chi connectivity index (χ1n) is 5.77. The summed E-state index contributed by atoms with van der Waals surface area (Å²) in [7, 11) is 1.55. The summed E-state index contributed by atoms with van der Waals surface area (Å²) in [6, 6.07) is 0. The number of carbonyl (C=O) groups excluding carboxylic acids is 1. The Morgan fingerprint density at radius 2 is 2.17 bits per heavy atom. The zero-order valence-corrected chi connectivity index (χ0v) is 12.1. The third kappa shape index (κ3) is 3.04. The van der Waals surface area contributed by atoms with Gasteiger partial charge in [-0.3, -0.25) is 4.79 Å². The molecule has 0 unspecified atom stereocenters. The van der Waals surface area contributed by atoms with Gasteiger partial charge in [-0.25, -0.2) is 0 Å². The van der Waals surface area contributed by atoms with E-state index in [9.17, 15) is 4.79 Å². The van der Waals surface area contributed by atoms with Crippen molar-refractivity contribution in [2.24, 2.45) is 5.92 Å². The first-order valence-corrected chi connectivity index (χ1v) is 6.58. The average Bonchev–Trinajstić information content (AvgIpc) is 2.61. The molecule has 1 aromatic heterocycles. The average molecular weight is 268 g/mol. The SMILES string of the molecule is C=C(C)CNc1sc(C(=O)C(C)C)c(N)c1OC. The van der Waals surface area contributed by atoms with Gasteiger partial charge < -0.3 is 15.8 Å². The van der Waals surface area contributed by atoms with E-state index in [2.05, 4.69) is 11.9 Å². The predicted octanol–water partition coefficient (Wildman–Crippen LogP) is 3.17. The molecule has 0 saturated carbocycles. The van der Waals surface area contributed by atoms with Gasteiger partial charge in [-0.1, -0.05) is 26.0 Å². The Morgan fingerprint density at radius 3 is 2.61 bits per heavy atom. The van der Waals surface area contributed by atoms with Gasteiger partial charge in [-0.2, -0.15) is 0 Å². The fourth-order valence-electron chi connectivity index (χ4n) is 1.42. The van der Waals surface area contributed by atoms with Crippen molar-refractivity contribution < 1.29 is 9.53 Å². The Morgan fingerprint density at radius 1 is 1.56 bits per heavy atom. The van der Waals surface area contributed by atoms with Crippen molar-refractivity contribution in [2.45, 2.75) is 20.8 Å². The third-order valence-corrected chi connectivity index (χ3v) is 3.56. The summed E-state index contributed by atoms with van der Waals surface area (Å²) in [6.45, 7) is 10.1. The zero-order valence-electron chi connectivity index (χ0n) is 11.3. The molecular formula is C13H20N2O2S. The van der Waals surface area contributed by atoms with Crippen LogP contribution in [0.5, 0.6) is 5.75 Å². The second-order valence-electron chi connectivity index (χ2n) is 4.54. The van der Waals surface area contributed by atoms with Crippen LogP contribution < -0.4 is 15.8 Å². The smallest absolute Gasteiger partial charge is 0.177 e. The van der Waals surface area contributed by atoms with Gasteiger partial charge in [-0.05, 0) is 6.92 Å². The predicted molar refractivity (Wildman–Crippen MR) is 77.8 cm³/mol. The molecule has 0 atom stereocenters. The molecule has 5 heteroatoms. The maximum Gasteiger partial charge on any atom is 0.177 e. The van der Waals surface area contributed by atoms with Crippen LogP contribution in [0.4, 0.5) is 10.7 Å². The molecule has 0 bridgehead atoms. The van der Waals surface area contributed by atoms with Crippen LogP contribution in [0.3, 0.4) is 0 Å². The number of anilines is 2. The molecule has 100 valence electrons. The highest BCUT2D eigenvalue weighted by Crippen LogP contribution is 2.43. The van der Waals surface area contributed by atoms with Crippen molar-refractivity contribution in [3.05, 3.63) is 17.0 Å². The van der Waals surface area contributed by atoms with Crippen LogP contribution in [0.15, 0.2) is 12.2 Å². The van der Waals surface area contributed by atoms with Crippen LogP contribution in [0.1, 0.15) is 30.4 Å². The Kier molecular flexibility index (Phi) is 4.78. The maximum atomic E-state index is 12.0. The van der Waals surface area contributed by atoms with Crippen LogP contribution in [0, 0.1) is 5.92 Å². The quantitative estimate of drug-likeness (QED) is 0.614. The molecule has 0 radical (unpaired) electrons. The Bertz CT molecular complexity index is 464. The summed E-state index contributed by atoms with van der Waals surface area (Å²) in [6.07, 6.45) is 0. The second kappa shape index (κ2) is 5.91. The van der Waals surface area contributed by atoms with Gasteiger partial charge in [0.2, 0.25) is 0 Å². The molecule has 0 aromatic carbocycles. The summed E-state index contributed by atoms with van der Waals surface area (Å²) < 4.78 is 5.26. The second-order valence-corrected chi connectivity index (χ2v) is 5.56. The largest absolute Gasteiger partial charge is 0.492 e. The lowest BCUT2D eigenvalue weighted by Crippen LogP contribution is -2.07. The summed E-state index contributed by atoms with van der Waals surface area (Å²) in [5.74, 6) is 0.508. The highest BCUT2D eigenvalue weighted by molar-refractivity contribution is 7.19. The number of rotatable bonds is 6. The number of thiophene rings is 1. The van der Waals surface area contributed by atoms with Crippen LogP contribution >= 0.6 is 11.3 Å². The number of hydrogen-bond donors (Lipinski definition) is 2. The number of Topliss-reactive ketones (excluding diaryl/α,β-unsaturated/α-hetero) is 1. The zero-order chi connectivity index (χ0) is 13.9. The molecule has 0 spiro atoms. The van der Waals surface area contributed by atoms with Gasteiger partial charge in [0.1, 0.15) is 5.00 Å². The van der Waals surface area contributed by atoms with Gasteiger partial charge in [0.15, 0.2) is 11.5 Å². The fraction of sp³-hybridized carbons (Fsp3) is 0.462. The monoisotopic (exact) mass is 268 g/mol.